The van der Waals surface area contributed by atoms with Gasteiger partial charge in [0.15, 0.2) is 6.61 Å². The molecule has 112 valence electrons. The van der Waals surface area contributed by atoms with Gasteiger partial charge < -0.3 is 15.4 Å². The van der Waals surface area contributed by atoms with Crippen molar-refractivity contribution in [2.75, 3.05) is 19.7 Å². The third-order valence-electron chi connectivity index (χ3n) is 2.70. The molecule has 0 heterocycles. The SMILES string of the molecule is CCCNCc1cc(Br)ccc1OCC(=O)NCCC. The third kappa shape index (κ3) is 6.39. The summed E-state index contributed by atoms with van der Waals surface area (Å²) in [7, 11) is 0. The van der Waals surface area contributed by atoms with Crippen LogP contribution < -0.4 is 15.4 Å². The first kappa shape index (κ1) is 17.0. The van der Waals surface area contributed by atoms with Gasteiger partial charge in [0.1, 0.15) is 5.75 Å². The van der Waals surface area contributed by atoms with E-state index >= 15 is 0 Å². The average molecular weight is 343 g/mol. The van der Waals surface area contributed by atoms with Gasteiger partial charge >= 0.3 is 0 Å². The van der Waals surface area contributed by atoms with Gasteiger partial charge in [0.25, 0.3) is 5.91 Å². The lowest BCUT2D eigenvalue weighted by molar-refractivity contribution is -0.123. The standard InChI is InChI=1S/C15H23BrN2O2/c1-3-7-17-10-12-9-13(16)5-6-14(12)20-11-15(19)18-8-4-2/h5-6,9,17H,3-4,7-8,10-11H2,1-2H3,(H,18,19). The lowest BCUT2D eigenvalue weighted by Crippen LogP contribution is -2.29. The van der Waals surface area contributed by atoms with Gasteiger partial charge in [0, 0.05) is 23.1 Å². The van der Waals surface area contributed by atoms with E-state index in [1.807, 2.05) is 25.1 Å². The zero-order chi connectivity index (χ0) is 14.8. The number of benzene rings is 1. The van der Waals surface area contributed by atoms with Crippen LogP contribution in [-0.2, 0) is 11.3 Å². The van der Waals surface area contributed by atoms with Gasteiger partial charge in [-0.2, -0.15) is 0 Å². The number of hydrogen-bond acceptors (Lipinski definition) is 3. The Morgan fingerprint density at radius 3 is 2.70 bits per heavy atom. The predicted molar refractivity (Wildman–Crippen MR) is 84.9 cm³/mol. The highest BCUT2D eigenvalue weighted by atomic mass is 79.9. The zero-order valence-corrected chi connectivity index (χ0v) is 13.8. The van der Waals surface area contributed by atoms with Crippen LogP contribution >= 0.6 is 15.9 Å². The van der Waals surface area contributed by atoms with Crippen molar-refractivity contribution in [2.24, 2.45) is 0 Å². The first-order chi connectivity index (χ1) is 9.67. The summed E-state index contributed by atoms with van der Waals surface area (Å²) in [5, 5.41) is 6.14. The fourth-order valence-electron chi connectivity index (χ4n) is 1.69. The summed E-state index contributed by atoms with van der Waals surface area (Å²) in [5.74, 6) is 0.672. The maximum Gasteiger partial charge on any atom is 0.257 e. The molecule has 4 nitrogen and oxygen atoms in total. The van der Waals surface area contributed by atoms with E-state index in [2.05, 4.69) is 33.5 Å². The van der Waals surface area contributed by atoms with Crippen LogP contribution in [0, 0.1) is 0 Å². The molecule has 0 bridgehead atoms. The van der Waals surface area contributed by atoms with Gasteiger partial charge in [-0.15, -0.1) is 0 Å². The highest BCUT2D eigenvalue weighted by Gasteiger charge is 2.07. The molecule has 0 saturated heterocycles. The first-order valence-corrected chi connectivity index (χ1v) is 7.85. The Labute approximate surface area is 129 Å². The van der Waals surface area contributed by atoms with E-state index < -0.39 is 0 Å². The molecule has 0 aromatic heterocycles. The molecule has 0 radical (unpaired) electrons. The summed E-state index contributed by atoms with van der Waals surface area (Å²) in [4.78, 5) is 11.6. The second-order valence-electron chi connectivity index (χ2n) is 4.57. The molecule has 0 aliphatic heterocycles. The van der Waals surface area contributed by atoms with Gasteiger partial charge in [0.2, 0.25) is 0 Å². The minimum absolute atomic E-state index is 0.0579. The van der Waals surface area contributed by atoms with Crippen molar-refractivity contribution in [1.82, 2.24) is 10.6 Å². The monoisotopic (exact) mass is 342 g/mol. The van der Waals surface area contributed by atoms with Crippen molar-refractivity contribution in [3.63, 3.8) is 0 Å². The molecule has 0 saturated carbocycles. The number of hydrogen-bond donors (Lipinski definition) is 2. The number of amides is 1. The summed E-state index contributed by atoms with van der Waals surface area (Å²) < 4.78 is 6.62. The Kier molecular flexibility index (Phi) is 8.30. The predicted octanol–water partition coefficient (Wildman–Crippen LogP) is 2.85. The minimum Gasteiger partial charge on any atom is -0.483 e. The molecular weight excluding hydrogens is 320 g/mol. The molecule has 0 spiro atoms. The van der Waals surface area contributed by atoms with Gasteiger partial charge in [-0.3, -0.25) is 4.79 Å². The van der Waals surface area contributed by atoms with Crippen LogP contribution in [0.4, 0.5) is 0 Å². The molecule has 20 heavy (non-hydrogen) atoms. The fraction of sp³-hybridized carbons (Fsp3) is 0.533. The number of nitrogens with one attached hydrogen (secondary N) is 2. The van der Waals surface area contributed by atoms with Gasteiger partial charge in [0.05, 0.1) is 0 Å². The van der Waals surface area contributed by atoms with Crippen LogP contribution in [0.2, 0.25) is 0 Å². The minimum atomic E-state index is -0.0813. The Morgan fingerprint density at radius 1 is 1.25 bits per heavy atom. The van der Waals surface area contributed by atoms with E-state index in [9.17, 15) is 4.79 Å². The molecule has 1 rings (SSSR count). The van der Waals surface area contributed by atoms with Gasteiger partial charge in [-0.1, -0.05) is 29.8 Å². The van der Waals surface area contributed by atoms with Crippen LogP contribution in [0.15, 0.2) is 22.7 Å². The van der Waals surface area contributed by atoms with Crippen molar-refractivity contribution in [2.45, 2.75) is 33.2 Å². The zero-order valence-electron chi connectivity index (χ0n) is 12.2. The normalized spacial score (nSPS) is 10.3. The maximum atomic E-state index is 11.6. The summed E-state index contributed by atoms with van der Waals surface area (Å²) in [6, 6.07) is 5.82. The number of carbonyl (C=O) groups excluding carboxylic acids is 1. The van der Waals surface area contributed by atoms with Crippen molar-refractivity contribution in [3.05, 3.63) is 28.2 Å². The van der Waals surface area contributed by atoms with Gasteiger partial charge in [-0.25, -0.2) is 0 Å². The Balaban J connectivity index is 2.56. The molecule has 2 N–H and O–H groups in total. The van der Waals surface area contributed by atoms with E-state index in [1.165, 1.54) is 0 Å². The summed E-state index contributed by atoms with van der Waals surface area (Å²) in [6.45, 7) is 6.59. The molecule has 1 aromatic rings. The van der Waals surface area contributed by atoms with E-state index in [4.69, 9.17) is 4.74 Å². The molecule has 5 heteroatoms. The fourth-order valence-corrected chi connectivity index (χ4v) is 2.09. The van der Waals surface area contributed by atoms with Crippen LogP contribution in [-0.4, -0.2) is 25.6 Å². The Morgan fingerprint density at radius 2 is 2.00 bits per heavy atom. The Hall–Kier alpha value is -1.07. The molecule has 1 amide bonds. The average Bonchev–Trinajstić information content (AvgIpc) is 2.44. The maximum absolute atomic E-state index is 11.6. The topological polar surface area (TPSA) is 50.4 Å². The van der Waals surface area contributed by atoms with E-state index in [0.717, 1.165) is 41.7 Å². The molecular formula is C15H23BrN2O2. The lowest BCUT2D eigenvalue weighted by Gasteiger charge is -2.12. The molecule has 1 aromatic carbocycles. The van der Waals surface area contributed by atoms with Crippen molar-refractivity contribution >= 4 is 21.8 Å². The summed E-state index contributed by atoms with van der Waals surface area (Å²) in [5.41, 5.74) is 1.05. The summed E-state index contributed by atoms with van der Waals surface area (Å²) in [6.07, 6.45) is 2.01. The number of halogens is 1. The van der Waals surface area contributed by atoms with Crippen molar-refractivity contribution in [3.8, 4) is 5.75 Å². The highest BCUT2D eigenvalue weighted by Crippen LogP contribution is 2.23. The molecule has 0 aliphatic carbocycles. The van der Waals surface area contributed by atoms with Crippen LogP contribution in [0.5, 0.6) is 5.75 Å². The van der Waals surface area contributed by atoms with E-state index in [0.29, 0.717) is 6.54 Å². The first-order valence-electron chi connectivity index (χ1n) is 7.06. The second kappa shape index (κ2) is 9.77. The van der Waals surface area contributed by atoms with Crippen molar-refractivity contribution < 1.29 is 9.53 Å². The third-order valence-corrected chi connectivity index (χ3v) is 3.19. The van der Waals surface area contributed by atoms with E-state index in [-0.39, 0.29) is 12.5 Å². The second-order valence-corrected chi connectivity index (χ2v) is 5.48. The van der Waals surface area contributed by atoms with Crippen LogP contribution in [0.25, 0.3) is 0 Å². The molecule has 0 aliphatic rings. The van der Waals surface area contributed by atoms with Crippen LogP contribution in [0.1, 0.15) is 32.3 Å². The number of carbonyl (C=O) groups is 1. The van der Waals surface area contributed by atoms with E-state index in [1.54, 1.807) is 0 Å². The smallest absolute Gasteiger partial charge is 0.257 e. The Bertz CT molecular complexity index is 424. The molecule has 0 atom stereocenters. The van der Waals surface area contributed by atoms with Crippen LogP contribution in [0.3, 0.4) is 0 Å². The highest BCUT2D eigenvalue weighted by molar-refractivity contribution is 9.10. The summed E-state index contributed by atoms with van der Waals surface area (Å²) >= 11 is 3.46. The molecule has 0 unspecified atom stereocenters. The van der Waals surface area contributed by atoms with Crippen molar-refractivity contribution in [1.29, 1.82) is 0 Å². The number of ether oxygens (including phenoxy) is 1. The van der Waals surface area contributed by atoms with Gasteiger partial charge in [-0.05, 0) is 37.6 Å². The largest absolute Gasteiger partial charge is 0.483 e. The number of rotatable bonds is 9. The lowest BCUT2D eigenvalue weighted by atomic mass is 10.2. The quantitative estimate of drug-likeness (QED) is 0.678. The molecule has 0 fully saturated rings.